The molecule has 0 aliphatic carbocycles. The van der Waals surface area contributed by atoms with Gasteiger partial charge in [0.05, 0.1) is 24.7 Å². The molecule has 0 saturated carbocycles. The van der Waals surface area contributed by atoms with Crippen LogP contribution in [0.4, 0.5) is 0 Å². The number of pyridine rings is 1. The molecule has 5 nitrogen and oxygen atoms in total. The summed E-state index contributed by atoms with van der Waals surface area (Å²) in [5.74, 6) is 1.22. The molecule has 1 aliphatic rings. The highest BCUT2D eigenvalue weighted by atomic mass is 79.9. The van der Waals surface area contributed by atoms with Crippen molar-refractivity contribution < 1.29 is 14.3 Å². The Kier molecular flexibility index (Phi) is 4.99. The zero-order chi connectivity index (χ0) is 18.8. The molecule has 4 rings (SSSR count). The largest absolute Gasteiger partial charge is 0.497 e. The first-order chi connectivity index (χ1) is 13.1. The van der Waals surface area contributed by atoms with Gasteiger partial charge in [-0.05, 0) is 46.3 Å². The number of carbonyl (C=O) groups excluding carboxylic acids is 1. The lowest BCUT2D eigenvalue weighted by atomic mass is 10.2. The molecule has 0 bridgehead atoms. The highest BCUT2D eigenvalue weighted by Gasteiger charge is 2.29. The van der Waals surface area contributed by atoms with Crippen molar-refractivity contribution in [2.75, 3.05) is 20.2 Å². The summed E-state index contributed by atoms with van der Waals surface area (Å²) in [6.45, 7) is 1.19. The highest BCUT2D eigenvalue weighted by molar-refractivity contribution is 9.10. The molecule has 0 N–H and O–H groups in total. The van der Waals surface area contributed by atoms with Gasteiger partial charge in [0.15, 0.2) is 0 Å². The minimum absolute atomic E-state index is 0.0293. The van der Waals surface area contributed by atoms with Crippen LogP contribution >= 0.6 is 15.9 Å². The third kappa shape index (κ3) is 3.76. The van der Waals surface area contributed by atoms with E-state index >= 15 is 0 Å². The molecule has 1 saturated heterocycles. The van der Waals surface area contributed by atoms with Gasteiger partial charge in [-0.15, -0.1) is 0 Å². The predicted molar refractivity (Wildman–Crippen MR) is 107 cm³/mol. The van der Waals surface area contributed by atoms with Crippen LogP contribution in [0.25, 0.3) is 10.9 Å². The summed E-state index contributed by atoms with van der Waals surface area (Å²) in [5, 5.41) is 1.08. The fourth-order valence-electron chi connectivity index (χ4n) is 3.26. The summed E-state index contributed by atoms with van der Waals surface area (Å²) in [6, 6.07) is 17.2. The Hall–Kier alpha value is -2.60. The molecule has 0 spiro atoms. The number of hydrogen-bond acceptors (Lipinski definition) is 4. The molecule has 1 fully saturated rings. The van der Waals surface area contributed by atoms with Gasteiger partial charge in [0.2, 0.25) is 5.88 Å². The minimum atomic E-state index is -0.0630. The number of carbonyl (C=O) groups is 1. The van der Waals surface area contributed by atoms with Gasteiger partial charge < -0.3 is 14.4 Å². The summed E-state index contributed by atoms with van der Waals surface area (Å²) < 4.78 is 12.0. The molecule has 3 aromatic rings. The quantitative estimate of drug-likeness (QED) is 0.623. The summed E-state index contributed by atoms with van der Waals surface area (Å²) in [6.07, 6.45) is 0.717. The summed E-state index contributed by atoms with van der Waals surface area (Å²) in [5.41, 5.74) is 1.50. The van der Waals surface area contributed by atoms with Crippen LogP contribution in [0.5, 0.6) is 11.6 Å². The van der Waals surface area contributed by atoms with Crippen molar-refractivity contribution in [1.82, 2.24) is 9.88 Å². The lowest BCUT2D eigenvalue weighted by Gasteiger charge is -2.18. The van der Waals surface area contributed by atoms with Gasteiger partial charge >= 0.3 is 0 Å². The zero-order valence-corrected chi connectivity index (χ0v) is 16.5. The molecule has 2 aromatic carbocycles. The van der Waals surface area contributed by atoms with Crippen molar-refractivity contribution in [2.24, 2.45) is 0 Å². The molecule has 1 unspecified atom stereocenters. The standard InChI is InChI=1S/C21H19BrN2O3/c1-26-15-7-8-18(22)17(12-15)21(25)24-11-10-16(13-24)27-20-9-6-14-4-2-3-5-19(14)23-20/h2-9,12,16H,10-11,13H2,1H3. The fraction of sp³-hybridized carbons (Fsp3) is 0.238. The molecule has 6 heteroatoms. The number of methoxy groups -OCH3 is 1. The lowest BCUT2D eigenvalue weighted by molar-refractivity contribution is 0.0770. The monoisotopic (exact) mass is 426 g/mol. The van der Waals surface area contributed by atoms with Crippen LogP contribution in [0.1, 0.15) is 16.8 Å². The summed E-state index contributed by atoms with van der Waals surface area (Å²) >= 11 is 3.45. The smallest absolute Gasteiger partial charge is 0.255 e. The van der Waals surface area contributed by atoms with Crippen molar-refractivity contribution in [3.8, 4) is 11.6 Å². The maximum Gasteiger partial charge on any atom is 0.255 e. The number of rotatable bonds is 4. The van der Waals surface area contributed by atoms with Crippen molar-refractivity contribution in [3.05, 3.63) is 64.6 Å². The van der Waals surface area contributed by atoms with E-state index in [-0.39, 0.29) is 12.0 Å². The molecule has 27 heavy (non-hydrogen) atoms. The van der Waals surface area contributed by atoms with E-state index in [1.54, 1.807) is 13.2 Å². The zero-order valence-electron chi connectivity index (χ0n) is 14.9. The first kappa shape index (κ1) is 17.8. The SMILES string of the molecule is COc1ccc(Br)c(C(=O)N2CCC(Oc3ccc4ccccc4n3)C2)c1. The van der Waals surface area contributed by atoms with Crippen LogP contribution in [0.3, 0.4) is 0 Å². The average Bonchev–Trinajstić information content (AvgIpc) is 3.16. The Bertz CT molecular complexity index is 992. The number of halogens is 1. The highest BCUT2D eigenvalue weighted by Crippen LogP contribution is 2.26. The third-order valence-electron chi connectivity index (χ3n) is 4.70. The van der Waals surface area contributed by atoms with Crippen molar-refractivity contribution in [2.45, 2.75) is 12.5 Å². The second kappa shape index (κ2) is 7.56. The Morgan fingerprint density at radius 1 is 1.19 bits per heavy atom. The number of ether oxygens (including phenoxy) is 2. The van der Waals surface area contributed by atoms with E-state index in [1.165, 1.54) is 0 Å². The molecule has 0 radical (unpaired) electrons. The molecule has 1 aromatic heterocycles. The second-order valence-electron chi connectivity index (χ2n) is 6.47. The second-order valence-corrected chi connectivity index (χ2v) is 7.32. The van der Waals surface area contributed by atoms with Gasteiger partial charge in [-0.3, -0.25) is 4.79 Å². The normalized spacial score (nSPS) is 16.5. The number of para-hydroxylation sites is 1. The molecular weight excluding hydrogens is 408 g/mol. The van der Waals surface area contributed by atoms with Crippen molar-refractivity contribution in [1.29, 1.82) is 0 Å². The Balaban J connectivity index is 1.45. The molecule has 1 amide bonds. The van der Waals surface area contributed by atoms with E-state index in [4.69, 9.17) is 9.47 Å². The van der Waals surface area contributed by atoms with Gasteiger partial charge in [0.25, 0.3) is 5.91 Å². The number of likely N-dealkylation sites (tertiary alicyclic amines) is 1. The molecule has 2 heterocycles. The Labute approximate surface area is 166 Å². The van der Waals surface area contributed by atoms with Crippen LogP contribution in [0, 0.1) is 0 Å². The average molecular weight is 427 g/mol. The van der Waals surface area contributed by atoms with Crippen LogP contribution in [-0.2, 0) is 0 Å². The van der Waals surface area contributed by atoms with Crippen molar-refractivity contribution in [3.63, 3.8) is 0 Å². The number of benzene rings is 2. The van der Waals surface area contributed by atoms with E-state index in [0.717, 1.165) is 21.8 Å². The van der Waals surface area contributed by atoms with E-state index in [9.17, 15) is 4.79 Å². The van der Waals surface area contributed by atoms with Crippen molar-refractivity contribution >= 4 is 32.7 Å². The van der Waals surface area contributed by atoms with Crippen LogP contribution in [-0.4, -0.2) is 42.1 Å². The van der Waals surface area contributed by atoms with E-state index in [0.29, 0.717) is 30.3 Å². The van der Waals surface area contributed by atoms with Crippen LogP contribution in [0.2, 0.25) is 0 Å². The first-order valence-corrected chi connectivity index (χ1v) is 9.58. The Morgan fingerprint density at radius 3 is 2.89 bits per heavy atom. The maximum absolute atomic E-state index is 12.9. The number of fused-ring (bicyclic) bond motifs is 1. The third-order valence-corrected chi connectivity index (χ3v) is 5.39. The van der Waals surface area contributed by atoms with E-state index < -0.39 is 0 Å². The molecular formula is C21H19BrN2O3. The molecule has 1 aliphatic heterocycles. The number of aromatic nitrogens is 1. The topological polar surface area (TPSA) is 51.7 Å². The van der Waals surface area contributed by atoms with Crippen LogP contribution in [0.15, 0.2) is 59.1 Å². The maximum atomic E-state index is 12.9. The number of amides is 1. The fourth-order valence-corrected chi connectivity index (χ4v) is 3.67. The lowest BCUT2D eigenvalue weighted by Crippen LogP contribution is -2.31. The summed E-state index contributed by atoms with van der Waals surface area (Å²) in [7, 11) is 1.59. The van der Waals surface area contributed by atoms with Gasteiger partial charge in [0.1, 0.15) is 11.9 Å². The van der Waals surface area contributed by atoms with Gasteiger partial charge in [-0.25, -0.2) is 4.98 Å². The number of nitrogens with zero attached hydrogens (tertiary/aromatic N) is 2. The summed E-state index contributed by atoms with van der Waals surface area (Å²) in [4.78, 5) is 19.2. The molecule has 138 valence electrons. The van der Waals surface area contributed by atoms with Gasteiger partial charge in [-0.2, -0.15) is 0 Å². The minimum Gasteiger partial charge on any atom is -0.497 e. The Morgan fingerprint density at radius 2 is 2.04 bits per heavy atom. The first-order valence-electron chi connectivity index (χ1n) is 8.79. The number of hydrogen-bond donors (Lipinski definition) is 0. The van der Waals surface area contributed by atoms with Gasteiger partial charge in [0, 0.05) is 28.9 Å². The molecule has 1 atom stereocenters. The van der Waals surface area contributed by atoms with Gasteiger partial charge in [-0.1, -0.05) is 18.2 Å². The predicted octanol–water partition coefficient (Wildman–Crippen LogP) is 4.30. The van der Waals surface area contributed by atoms with Crippen LogP contribution < -0.4 is 9.47 Å². The van der Waals surface area contributed by atoms with E-state index in [1.807, 2.05) is 53.4 Å². The van der Waals surface area contributed by atoms with E-state index in [2.05, 4.69) is 20.9 Å².